The van der Waals surface area contributed by atoms with Gasteiger partial charge in [0.1, 0.15) is 12.2 Å². The highest BCUT2D eigenvalue weighted by Crippen LogP contribution is 2.15. The van der Waals surface area contributed by atoms with Crippen molar-refractivity contribution < 1.29 is 4.79 Å². The zero-order valence-corrected chi connectivity index (χ0v) is 9.41. The van der Waals surface area contributed by atoms with Crippen LogP contribution in [-0.4, -0.2) is 20.5 Å². The minimum absolute atomic E-state index is 0.102. The Labute approximate surface area is 91.6 Å². The number of hydrogen-bond donors (Lipinski definition) is 0. The van der Waals surface area contributed by atoms with E-state index < -0.39 is 0 Å². The molecule has 15 heavy (non-hydrogen) atoms. The lowest BCUT2D eigenvalue weighted by Gasteiger charge is -1.99. The van der Waals surface area contributed by atoms with Crippen molar-refractivity contribution >= 4 is 17.1 Å². The van der Waals surface area contributed by atoms with Gasteiger partial charge in [0.15, 0.2) is 5.78 Å². The van der Waals surface area contributed by atoms with E-state index in [1.54, 1.807) is 23.1 Å². The Morgan fingerprint density at radius 3 is 2.87 bits per heavy atom. The fourth-order valence-corrected chi connectivity index (χ4v) is 2.22. The Morgan fingerprint density at radius 1 is 1.53 bits per heavy atom. The van der Waals surface area contributed by atoms with Gasteiger partial charge in [-0.05, 0) is 17.9 Å². The van der Waals surface area contributed by atoms with Gasteiger partial charge in [0, 0.05) is 18.0 Å². The van der Waals surface area contributed by atoms with E-state index in [1.807, 2.05) is 17.7 Å². The first-order valence-electron chi connectivity index (χ1n) is 4.57. The monoisotopic (exact) mass is 221 g/mol. The zero-order chi connectivity index (χ0) is 10.8. The lowest BCUT2D eigenvalue weighted by Crippen LogP contribution is -2.09. The molecule has 0 amide bonds. The summed E-state index contributed by atoms with van der Waals surface area (Å²) >= 11 is 1.55. The zero-order valence-electron chi connectivity index (χ0n) is 8.60. The molecule has 2 rings (SSSR count). The molecule has 4 nitrogen and oxygen atoms in total. The Morgan fingerprint density at radius 2 is 2.33 bits per heavy atom. The van der Waals surface area contributed by atoms with Gasteiger partial charge in [0.2, 0.25) is 0 Å². The topological polar surface area (TPSA) is 47.8 Å². The lowest BCUT2D eigenvalue weighted by atomic mass is 10.1. The van der Waals surface area contributed by atoms with Crippen LogP contribution in [0.25, 0.3) is 0 Å². The van der Waals surface area contributed by atoms with Crippen molar-refractivity contribution in [2.24, 2.45) is 7.05 Å². The van der Waals surface area contributed by atoms with Gasteiger partial charge in [-0.25, -0.2) is 4.98 Å². The summed E-state index contributed by atoms with van der Waals surface area (Å²) in [5.41, 5.74) is 1.83. The fourth-order valence-electron chi connectivity index (χ4n) is 1.37. The van der Waals surface area contributed by atoms with E-state index in [2.05, 4.69) is 10.1 Å². The second-order valence-electron chi connectivity index (χ2n) is 3.37. The molecule has 0 aliphatic rings. The Hall–Kier alpha value is -1.49. The molecule has 0 aliphatic carbocycles. The van der Waals surface area contributed by atoms with Crippen molar-refractivity contribution in [3.05, 3.63) is 34.0 Å². The third kappa shape index (κ3) is 1.97. The number of carbonyl (C=O) groups excluding carboxylic acids is 1. The molecule has 0 atom stereocenters. The van der Waals surface area contributed by atoms with Crippen LogP contribution in [0.1, 0.15) is 21.7 Å². The molecule has 0 saturated heterocycles. The normalized spacial score (nSPS) is 10.5. The quantitative estimate of drug-likeness (QED) is 0.740. The average Bonchev–Trinajstić information content (AvgIpc) is 2.76. The van der Waals surface area contributed by atoms with E-state index in [1.165, 1.54) is 6.33 Å². The van der Waals surface area contributed by atoms with Gasteiger partial charge >= 0.3 is 0 Å². The number of ketones is 1. The third-order valence-corrected chi connectivity index (χ3v) is 3.14. The van der Waals surface area contributed by atoms with Gasteiger partial charge in [0.05, 0.1) is 6.42 Å². The minimum atomic E-state index is 0.102. The first kappa shape index (κ1) is 10.0. The molecule has 5 heteroatoms. The van der Waals surface area contributed by atoms with Crippen molar-refractivity contribution in [3.8, 4) is 0 Å². The summed E-state index contributed by atoms with van der Waals surface area (Å²) in [4.78, 5) is 15.9. The molecule has 2 aromatic heterocycles. The summed E-state index contributed by atoms with van der Waals surface area (Å²) in [5.74, 6) is 0.801. The Bertz CT molecular complexity index is 486. The molecule has 0 fully saturated rings. The van der Waals surface area contributed by atoms with Crippen molar-refractivity contribution in [2.45, 2.75) is 13.3 Å². The molecule has 2 heterocycles. The highest BCUT2D eigenvalue weighted by Gasteiger charge is 2.13. The number of rotatable bonds is 3. The molecular weight excluding hydrogens is 210 g/mol. The molecule has 0 aliphatic heterocycles. The number of aromatic nitrogens is 3. The van der Waals surface area contributed by atoms with Gasteiger partial charge < -0.3 is 0 Å². The maximum Gasteiger partial charge on any atom is 0.171 e. The van der Waals surface area contributed by atoms with Gasteiger partial charge in [-0.1, -0.05) is 0 Å². The Balaban J connectivity index is 2.18. The molecular formula is C10H11N3OS. The molecule has 0 spiro atoms. The number of carbonyl (C=O) groups is 1. The number of hydrogen-bond acceptors (Lipinski definition) is 4. The largest absolute Gasteiger partial charge is 0.294 e. The lowest BCUT2D eigenvalue weighted by molar-refractivity contribution is 0.0989. The second kappa shape index (κ2) is 3.94. The summed E-state index contributed by atoms with van der Waals surface area (Å²) in [6.45, 7) is 1.94. The van der Waals surface area contributed by atoms with E-state index in [-0.39, 0.29) is 5.78 Å². The van der Waals surface area contributed by atoms with Crippen LogP contribution in [0.5, 0.6) is 0 Å². The molecule has 0 unspecified atom stereocenters. The molecule has 0 N–H and O–H groups in total. The van der Waals surface area contributed by atoms with Crippen molar-refractivity contribution in [3.63, 3.8) is 0 Å². The SMILES string of the molecule is Cc1cscc1C(=O)Cc1ncnn1C. The molecule has 0 aromatic carbocycles. The number of Topliss-reactive ketones (excluding diaryl/α,β-unsaturated/α-hetero) is 1. The third-order valence-electron chi connectivity index (χ3n) is 2.28. The van der Waals surface area contributed by atoms with Crippen LogP contribution in [0.4, 0.5) is 0 Å². The first-order valence-corrected chi connectivity index (χ1v) is 5.51. The van der Waals surface area contributed by atoms with Crippen molar-refractivity contribution in [2.75, 3.05) is 0 Å². The van der Waals surface area contributed by atoms with Crippen LogP contribution in [0.15, 0.2) is 17.1 Å². The standard InChI is InChI=1S/C10H11N3OS/c1-7-4-15-5-8(7)9(14)3-10-11-6-12-13(10)2/h4-6H,3H2,1-2H3. The average molecular weight is 221 g/mol. The van der Waals surface area contributed by atoms with Crippen molar-refractivity contribution in [1.82, 2.24) is 14.8 Å². The second-order valence-corrected chi connectivity index (χ2v) is 4.11. The van der Waals surface area contributed by atoms with Crippen LogP contribution in [0.2, 0.25) is 0 Å². The van der Waals surface area contributed by atoms with Gasteiger partial charge in [-0.15, -0.1) is 0 Å². The van der Waals surface area contributed by atoms with Crippen molar-refractivity contribution in [1.29, 1.82) is 0 Å². The molecule has 0 radical (unpaired) electrons. The van der Waals surface area contributed by atoms with E-state index >= 15 is 0 Å². The smallest absolute Gasteiger partial charge is 0.171 e. The highest BCUT2D eigenvalue weighted by molar-refractivity contribution is 7.08. The molecule has 2 aromatic rings. The van der Waals surface area contributed by atoms with E-state index in [9.17, 15) is 4.79 Å². The summed E-state index contributed by atoms with van der Waals surface area (Å²) in [7, 11) is 1.79. The maximum absolute atomic E-state index is 11.9. The number of thiophene rings is 1. The van der Waals surface area contributed by atoms with Crippen LogP contribution in [-0.2, 0) is 13.5 Å². The Kier molecular flexibility index (Phi) is 2.64. The molecule has 0 saturated carbocycles. The summed E-state index contributed by atoms with van der Waals surface area (Å²) in [5, 5.41) is 7.79. The van der Waals surface area contributed by atoms with Gasteiger partial charge in [0.25, 0.3) is 0 Å². The first-order chi connectivity index (χ1) is 7.18. The fraction of sp³-hybridized carbons (Fsp3) is 0.300. The summed E-state index contributed by atoms with van der Waals surface area (Å²) in [6.07, 6.45) is 1.77. The van der Waals surface area contributed by atoms with E-state index in [0.29, 0.717) is 12.2 Å². The van der Waals surface area contributed by atoms with Gasteiger partial charge in [-0.3, -0.25) is 9.48 Å². The van der Waals surface area contributed by atoms with Crippen LogP contribution < -0.4 is 0 Å². The van der Waals surface area contributed by atoms with Crippen LogP contribution in [0, 0.1) is 6.92 Å². The highest BCUT2D eigenvalue weighted by atomic mass is 32.1. The predicted octanol–water partition coefficient (Wildman–Crippen LogP) is 1.61. The van der Waals surface area contributed by atoms with Crippen LogP contribution >= 0.6 is 11.3 Å². The summed E-state index contributed by atoms with van der Waals surface area (Å²) < 4.78 is 1.62. The van der Waals surface area contributed by atoms with E-state index in [4.69, 9.17) is 0 Å². The molecule has 0 bridgehead atoms. The van der Waals surface area contributed by atoms with Gasteiger partial charge in [-0.2, -0.15) is 16.4 Å². The van der Waals surface area contributed by atoms with Crippen LogP contribution in [0.3, 0.4) is 0 Å². The predicted molar refractivity (Wildman–Crippen MR) is 58.1 cm³/mol. The minimum Gasteiger partial charge on any atom is -0.294 e. The number of aryl methyl sites for hydroxylation is 2. The summed E-state index contributed by atoms with van der Waals surface area (Å²) in [6, 6.07) is 0. The number of nitrogens with zero attached hydrogens (tertiary/aromatic N) is 3. The maximum atomic E-state index is 11.9. The molecule has 78 valence electrons. The van der Waals surface area contributed by atoms with E-state index in [0.717, 1.165) is 11.1 Å².